The fourth-order valence-corrected chi connectivity index (χ4v) is 3.35. The summed E-state index contributed by atoms with van der Waals surface area (Å²) in [5, 5.41) is 0.306. The van der Waals surface area contributed by atoms with Crippen LogP contribution in [0.5, 0.6) is 23.0 Å². The molecule has 1 fully saturated rings. The summed E-state index contributed by atoms with van der Waals surface area (Å²) < 4.78 is 27.4. The molecule has 1 unspecified atom stereocenters. The van der Waals surface area contributed by atoms with Gasteiger partial charge in [-0.15, -0.1) is 0 Å². The van der Waals surface area contributed by atoms with E-state index in [4.69, 9.17) is 35.3 Å². The van der Waals surface area contributed by atoms with Gasteiger partial charge in [-0.25, -0.2) is 0 Å². The Bertz CT molecular complexity index is 859. The fourth-order valence-electron chi connectivity index (χ4n) is 3.11. The topological polar surface area (TPSA) is 66.5 Å². The normalized spacial score (nSPS) is 16.3. The van der Waals surface area contributed by atoms with Gasteiger partial charge in [0.05, 0.1) is 45.1 Å². The highest BCUT2D eigenvalue weighted by Crippen LogP contribution is 2.34. The van der Waals surface area contributed by atoms with Crippen LogP contribution in [0.2, 0.25) is 5.02 Å². The molecule has 0 aromatic heterocycles. The van der Waals surface area contributed by atoms with E-state index in [1.54, 1.807) is 24.1 Å². The van der Waals surface area contributed by atoms with Crippen LogP contribution in [0.25, 0.3) is 0 Å². The third kappa shape index (κ3) is 4.86. The van der Waals surface area contributed by atoms with Gasteiger partial charge >= 0.3 is 0 Å². The number of carbonyl (C=O) groups is 1. The number of hydrogen-bond donors (Lipinski definition) is 0. The van der Waals surface area contributed by atoms with Crippen LogP contribution < -0.4 is 18.9 Å². The van der Waals surface area contributed by atoms with Crippen LogP contribution in [-0.4, -0.2) is 64.5 Å². The second-order valence-electron chi connectivity index (χ2n) is 6.39. The van der Waals surface area contributed by atoms with Crippen molar-refractivity contribution >= 4 is 17.5 Å². The minimum atomic E-state index is -0.267. The van der Waals surface area contributed by atoms with Gasteiger partial charge in [0.15, 0.2) is 23.0 Å². The van der Waals surface area contributed by atoms with Crippen molar-refractivity contribution in [1.82, 2.24) is 4.90 Å². The molecule has 1 aliphatic rings. The number of rotatable bonds is 7. The van der Waals surface area contributed by atoms with Crippen LogP contribution in [-0.2, 0) is 4.74 Å². The van der Waals surface area contributed by atoms with E-state index in [0.717, 1.165) is 0 Å². The van der Waals surface area contributed by atoms with E-state index in [1.807, 2.05) is 24.3 Å². The van der Waals surface area contributed by atoms with E-state index in [2.05, 4.69) is 0 Å². The van der Waals surface area contributed by atoms with Gasteiger partial charge in [0.1, 0.15) is 12.7 Å². The van der Waals surface area contributed by atoms with Crippen molar-refractivity contribution in [3.05, 3.63) is 47.0 Å². The number of benzene rings is 2. The van der Waals surface area contributed by atoms with Gasteiger partial charge in [-0.2, -0.15) is 0 Å². The molecule has 1 saturated heterocycles. The molecule has 7 nitrogen and oxygen atoms in total. The van der Waals surface area contributed by atoms with E-state index in [-0.39, 0.29) is 12.0 Å². The van der Waals surface area contributed by atoms with Gasteiger partial charge in [0, 0.05) is 12.6 Å². The van der Waals surface area contributed by atoms with Crippen molar-refractivity contribution < 1.29 is 28.5 Å². The van der Waals surface area contributed by atoms with Crippen molar-refractivity contribution in [2.45, 2.75) is 6.10 Å². The third-order valence-corrected chi connectivity index (χ3v) is 4.94. The maximum atomic E-state index is 13.0. The Morgan fingerprint density at radius 3 is 2.41 bits per heavy atom. The first-order valence-corrected chi connectivity index (χ1v) is 9.53. The second-order valence-corrected chi connectivity index (χ2v) is 6.80. The first-order valence-electron chi connectivity index (χ1n) is 9.15. The molecule has 2 aromatic carbocycles. The van der Waals surface area contributed by atoms with E-state index in [9.17, 15) is 4.79 Å². The highest BCUT2D eigenvalue weighted by atomic mass is 35.5. The predicted molar refractivity (Wildman–Crippen MR) is 109 cm³/mol. The Balaban J connectivity index is 1.68. The van der Waals surface area contributed by atoms with E-state index >= 15 is 0 Å². The third-order valence-electron chi connectivity index (χ3n) is 4.62. The predicted octanol–water partition coefficient (Wildman–Crippen LogP) is 3.29. The minimum Gasteiger partial charge on any atom is -0.493 e. The number of nitrogens with zero attached hydrogens (tertiary/aromatic N) is 1. The van der Waals surface area contributed by atoms with E-state index in [1.165, 1.54) is 14.2 Å². The monoisotopic (exact) mass is 421 g/mol. The molecule has 0 radical (unpaired) electrons. The molecule has 1 atom stereocenters. The maximum Gasteiger partial charge on any atom is 0.255 e. The van der Waals surface area contributed by atoms with Crippen molar-refractivity contribution in [3.8, 4) is 23.0 Å². The molecule has 0 spiro atoms. The first kappa shape index (κ1) is 21.1. The van der Waals surface area contributed by atoms with Crippen LogP contribution in [0.15, 0.2) is 36.4 Å². The Hall–Kier alpha value is -2.64. The maximum absolute atomic E-state index is 13.0. The van der Waals surface area contributed by atoms with E-state index < -0.39 is 0 Å². The van der Waals surface area contributed by atoms with Crippen molar-refractivity contribution in [1.29, 1.82) is 0 Å². The van der Waals surface area contributed by atoms with Crippen LogP contribution in [0.3, 0.4) is 0 Å². The summed E-state index contributed by atoms with van der Waals surface area (Å²) in [5.41, 5.74) is 0.357. The molecule has 1 amide bonds. The number of morpholine rings is 1. The molecule has 29 heavy (non-hydrogen) atoms. The summed E-state index contributed by atoms with van der Waals surface area (Å²) in [6, 6.07) is 10.6. The van der Waals surface area contributed by atoms with Crippen molar-refractivity contribution in [2.24, 2.45) is 0 Å². The highest BCUT2D eigenvalue weighted by molar-refractivity contribution is 6.34. The molecule has 8 heteroatoms. The first-order chi connectivity index (χ1) is 14.1. The number of halogens is 1. The number of amides is 1. The molecular weight excluding hydrogens is 398 g/mol. The molecule has 0 aliphatic carbocycles. The summed E-state index contributed by atoms with van der Waals surface area (Å²) in [6.07, 6.45) is -0.267. The number of hydrogen-bond acceptors (Lipinski definition) is 6. The molecule has 0 saturated carbocycles. The highest BCUT2D eigenvalue weighted by Gasteiger charge is 2.28. The summed E-state index contributed by atoms with van der Waals surface area (Å²) in [4.78, 5) is 14.7. The number of carbonyl (C=O) groups excluding carboxylic acids is 1. The van der Waals surface area contributed by atoms with Crippen LogP contribution in [0, 0.1) is 0 Å². The van der Waals surface area contributed by atoms with Crippen molar-refractivity contribution in [3.63, 3.8) is 0 Å². The largest absolute Gasteiger partial charge is 0.493 e. The Kier molecular flexibility index (Phi) is 7.06. The van der Waals surface area contributed by atoms with Gasteiger partial charge in [-0.1, -0.05) is 23.7 Å². The number of para-hydroxylation sites is 2. The van der Waals surface area contributed by atoms with E-state index in [0.29, 0.717) is 59.9 Å². The smallest absolute Gasteiger partial charge is 0.255 e. The molecular formula is C21H24ClNO6. The fraction of sp³-hybridized carbons (Fsp3) is 0.381. The molecule has 0 bridgehead atoms. The van der Waals surface area contributed by atoms with Gasteiger partial charge in [-0.3, -0.25) is 4.79 Å². The zero-order valence-corrected chi connectivity index (χ0v) is 17.4. The Labute approximate surface area is 175 Å². The van der Waals surface area contributed by atoms with Crippen molar-refractivity contribution in [2.75, 3.05) is 47.6 Å². The van der Waals surface area contributed by atoms with Gasteiger partial charge < -0.3 is 28.6 Å². The summed E-state index contributed by atoms with van der Waals surface area (Å²) >= 11 is 6.31. The van der Waals surface area contributed by atoms with Crippen LogP contribution >= 0.6 is 11.6 Å². The average Bonchev–Trinajstić information content (AvgIpc) is 2.77. The SMILES string of the molecule is COc1cc(Cl)c(C(=O)N2CCOC(COc3ccccc3OC)C2)cc1OC. The lowest BCUT2D eigenvalue weighted by atomic mass is 10.1. The zero-order valence-electron chi connectivity index (χ0n) is 16.6. The Morgan fingerprint density at radius 2 is 1.72 bits per heavy atom. The summed E-state index contributed by atoms with van der Waals surface area (Å²) in [5.74, 6) is 2.00. The second kappa shape index (κ2) is 9.71. The molecule has 3 rings (SSSR count). The van der Waals surface area contributed by atoms with Gasteiger partial charge in [-0.05, 0) is 18.2 Å². The molecule has 156 valence electrons. The quantitative estimate of drug-likeness (QED) is 0.683. The summed E-state index contributed by atoms with van der Waals surface area (Å²) in [6.45, 7) is 1.56. The zero-order chi connectivity index (χ0) is 20.8. The molecule has 1 heterocycles. The average molecular weight is 422 g/mol. The lowest BCUT2D eigenvalue weighted by molar-refractivity contribution is -0.0403. The van der Waals surface area contributed by atoms with Gasteiger partial charge in [0.2, 0.25) is 0 Å². The lowest BCUT2D eigenvalue weighted by Crippen LogP contribution is -2.47. The molecule has 2 aromatic rings. The lowest BCUT2D eigenvalue weighted by Gasteiger charge is -2.33. The van der Waals surface area contributed by atoms with Crippen LogP contribution in [0.4, 0.5) is 0 Å². The van der Waals surface area contributed by atoms with Crippen LogP contribution in [0.1, 0.15) is 10.4 Å². The molecule has 0 N–H and O–H groups in total. The van der Waals surface area contributed by atoms with Gasteiger partial charge in [0.25, 0.3) is 5.91 Å². The number of ether oxygens (including phenoxy) is 5. The Morgan fingerprint density at radius 1 is 1.07 bits per heavy atom. The standard InChI is InChI=1S/C21H24ClNO6/c1-25-17-6-4-5-7-18(17)29-13-14-12-23(8-9-28-14)21(24)15-10-19(26-2)20(27-3)11-16(15)22/h4-7,10-11,14H,8-9,12-13H2,1-3H3. The summed E-state index contributed by atoms with van der Waals surface area (Å²) in [7, 11) is 4.62. The number of methoxy groups -OCH3 is 3. The minimum absolute atomic E-state index is 0.193. The molecule has 1 aliphatic heterocycles.